The third-order valence-electron chi connectivity index (χ3n) is 4.77. The van der Waals surface area contributed by atoms with Crippen molar-refractivity contribution in [1.82, 2.24) is 10.2 Å². The fourth-order valence-electron chi connectivity index (χ4n) is 2.95. The van der Waals surface area contributed by atoms with Crippen molar-refractivity contribution < 1.29 is 19.1 Å². The molecule has 1 atom stereocenters. The van der Waals surface area contributed by atoms with E-state index in [9.17, 15) is 9.59 Å². The van der Waals surface area contributed by atoms with Crippen LogP contribution in [-0.2, 0) is 22.7 Å². The number of hydrogen-bond donors (Lipinski definition) is 1. The Bertz CT molecular complexity index is 788. The second kappa shape index (κ2) is 11.1. The smallest absolute Gasteiger partial charge is 0.242 e. The lowest BCUT2D eigenvalue weighted by Gasteiger charge is -2.29. The molecule has 2 aromatic carbocycles. The van der Waals surface area contributed by atoms with Gasteiger partial charge in [0.1, 0.15) is 17.5 Å². The topological polar surface area (TPSA) is 67.9 Å². The van der Waals surface area contributed by atoms with E-state index in [1.807, 2.05) is 55.5 Å². The molecule has 0 radical (unpaired) electrons. The lowest BCUT2D eigenvalue weighted by molar-refractivity contribution is -0.140. The minimum atomic E-state index is -0.575. The van der Waals surface area contributed by atoms with Crippen LogP contribution in [0.3, 0.4) is 0 Å². The predicted molar refractivity (Wildman–Crippen MR) is 113 cm³/mol. The van der Waals surface area contributed by atoms with Crippen molar-refractivity contribution in [3.8, 4) is 11.5 Å². The van der Waals surface area contributed by atoms with Gasteiger partial charge in [0.15, 0.2) is 0 Å². The van der Waals surface area contributed by atoms with Crippen LogP contribution in [0.15, 0.2) is 48.5 Å². The summed E-state index contributed by atoms with van der Waals surface area (Å²) in [4.78, 5) is 27.0. The SMILES string of the molecule is CCCC(=O)N(Cc1ccc(OC)cc1)C(C)C(=O)NCc1ccc(OC)cc1. The Balaban J connectivity index is 2.04. The van der Waals surface area contributed by atoms with Crippen LogP contribution in [0.4, 0.5) is 0 Å². The maximum atomic E-state index is 12.7. The second-order valence-electron chi connectivity index (χ2n) is 6.86. The number of hydrogen-bond acceptors (Lipinski definition) is 4. The fourth-order valence-corrected chi connectivity index (χ4v) is 2.95. The van der Waals surface area contributed by atoms with Crippen LogP contribution in [0.1, 0.15) is 37.8 Å². The molecule has 6 nitrogen and oxygen atoms in total. The Morgan fingerprint density at radius 2 is 1.45 bits per heavy atom. The van der Waals surface area contributed by atoms with Crippen molar-refractivity contribution >= 4 is 11.8 Å². The average Bonchev–Trinajstić information content (AvgIpc) is 2.76. The third kappa shape index (κ3) is 6.52. The number of nitrogens with one attached hydrogen (secondary N) is 1. The summed E-state index contributed by atoms with van der Waals surface area (Å²) in [6, 6.07) is 14.5. The number of benzene rings is 2. The minimum Gasteiger partial charge on any atom is -0.497 e. The molecule has 0 aromatic heterocycles. The van der Waals surface area contributed by atoms with Gasteiger partial charge < -0.3 is 19.7 Å². The first-order valence-corrected chi connectivity index (χ1v) is 9.81. The van der Waals surface area contributed by atoms with Gasteiger partial charge in [-0.05, 0) is 48.7 Å². The quantitative estimate of drug-likeness (QED) is 0.665. The molecular weight excluding hydrogens is 368 g/mol. The number of nitrogens with zero attached hydrogens (tertiary/aromatic N) is 1. The van der Waals surface area contributed by atoms with Crippen LogP contribution in [-0.4, -0.2) is 37.0 Å². The van der Waals surface area contributed by atoms with Crippen molar-refractivity contribution in [3.05, 3.63) is 59.7 Å². The molecule has 0 aliphatic heterocycles. The molecular formula is C23H30N2O4. The Labute approximate surface area is 172 Å². The molecule has 1 N–H and O–H groups in total. The first kappa shape index (κ1) is 22.3. The minimum absolute atomic E-state index is 0.0320. The fraction of sp³-hybridized carbons (Fsp3) is 0.391. The Morgan fingerprint density at radius 1 is 0.931 bits per heavy atom. The lowest BCUT2D eigenvalue weighted by Crippen LogP contribution is -2.47. The molecule has 0 aliphatic rings. The first-order chi connectivity index (χ1) is 14.0. The summed E-state index contributed by atoms with van der Waals surface area (Å²) in [6.45, 7) is 4.49. The van der Waals surface area contributed by atoms with Crippen molar-refractivity contribution in [2.45, 2.75) is 45.8 Å². The number of carbonyl (C=O) groups is 2. The van der Waals surface area contributed by atoms with Crippen LogP contribution in [0.25, 0.3) is 0 Å². The molecule has 29 heavy (non-hydrogen) atoms. The van der Waals surface area contributed by atoms with Gasteiger partial charge in [-0.2, -0.15) is 0 Å². The van der Waals surface area contributed by atoms with Gasteiger partial charge in [-0.25, -0.2) is 0 Å². The molecule has 0 spiro atoms. The van der Waals surface area contributed by atoms with E-state index in [4.69, 9.17) is 9.47 Å². The molecule has 2 amide bonds. The summed E-state index contributed by atoms with van der Waals surface area (Å²) in [7, 11) is 3.23. The molecule has 0 aliphatic carbocycles. The van der Waals surface area contributed by atoms with Crippen LogP contribution in [0.2, 0.25) is 0 Å². The highest BCUT2D eigenvalue weighted by molar-refractivity contribution is 5.87. The number of rotatable bonds is 10. The number of ether oxygens (including phenoxy) is 2. The van der Waals surface area contributed by atoms with E-state index in [1.165, 1.54) is 0 Å². The number of amides is 2. The van der Waals surface area contributed by atoms with E-state index in [-0.39, 0.29) is 11.8 Å². The standard InChI is InChI=1S/C23H30N2O4/c1-5-6-22(26)25(16-19-9-13-21(29-4)14-10-19)17(2)23(27)24-15-18-7-11-20(28-3)12-8-18/h7-14,17H,5-6,15-16H2,1-4H3,(H,24,27). The Kier molecular flexibility index (Phi) is 8.52. The van der Waals surface area contributed by atoms with Gasteiger partial charge >= 0.3 is 0 Å². The molecule has 0 fully saturated rings. The summed E-state index contributed by atoms with van der Waals surface area (Å²) in [5.41, 5.74) is 1.91. The maximum absolute atomic E-state index is 12.7. The van der Waals surface area contributed by atoms with E-state index in [1.54, 1.807) is 26.0 Å². The van der Waals surface area contributed by atoms with Gasteiger partial charge in [0.05, 0.1) is 14.2 Å². The molecule has 156 valence electrons. The van der Waals surface area contributed by atoms with Gasteiger partial charge in [0, 0.05) is 19.5 Å². The zero-order valence-electron chi connectivity index (χ0n) is 17.6. The van der Waals surface area contributed by atoms with E-state index < -0.39 is 6.04 Å². The van der Waals surface area contributed by atoms with Crippen LogP contribution in [0.5, 0.6) is 11.5 Å². The Morgan fingerprint density at radius 3 is 1.93 bits per heavy atom. The zero-order valence-corrected chi connectivity index (χ0v) is 17.6. The molecule has 0 saturated carbocycles. The summed E-state index contributed by atoms with van der Waals surface area (Å²) in [6.07, 6.45) is 1.14. The zero-order chi connectivity index (χ0) is 21.2. The first-order valence-electron chi connectivity index (χ1n) is 9.81. The molecule has 0 bridgehead atoms. The molecule has 0 saturated heterocycles. The lowest BCUT2D eigenvalue weighted by atomic mass is 10.1. The molecule has 6 heteroatoms. The van der Waals surface area contributed by atoms with E-state index in [0.717, 1.165) is 29.0 Å². The molecule has 0 heterocycles. The molecule has 1 unspecified atom stereocenters. The van der Waals surface area contributed by atoms with Gasteiger partial charge in [-0.3, -0.25) is 9.59 Å². The third-order valence-corrected chi connectivity index (χ3v) is 4.77. The normalized spacial score (nSPS) is 11.4. The monoisotopic (exact) mass is 398 g/mol. The van der Waals surface area contributed by atoms with Gasteiger partial charge in [-0.15, -0.1) is 0 Å². The van der Waals surface area contributed by atoms with Crippen molar-refractivity contribution in [3.63, 3.8) is 0 Å². The van der Waals surface area contributed by atoms with Crippen LogP contribution >= 0.6 is 0 Å². The van der Waals surface area contributed by atoms with E-state index in [0.29, 0.717) is 19.5 Å². The highest BCUT2D eigenvalue weighted by atomic mass is 16.5. The summed E-state index contributed by atoms with van der Waals surface area (Å²) in [5, 5.41) is 2.92. The van der Waals surface area contributed by atoms with E-state index in [2.05, 4.69) is 5.32 Å². The highest BCUT2D eigenvalue weighted by Gasteiger charge is 2.25. The maximum Gasteiger partial charge on any atom is 0.242 e. The number of methoxy groups -OCH3 is 2. The van der Waals surface area contributed by atoms with Crippen molar-refractivity contribution in [1.29, 1.82) is 0 Å². The van der Waals surface area contributed by atoms with Gasteiger partial charge in [0.25, 0.3) is 0 Å². The Hall–Kier alpha value is -3.02. The van der Waals surface area contributed by atoms with E-state index >= 15 is 0 Å². The number of carbonyl (C=O) groups excluding carboxylic acids is 2. The van der Waals surface area contributed by atoms with Crippen LogP contribution < -0.4 is 14.8 Å². The summed E-state index contributed by atoms with van der Waals surface area (Å²) >= 11 is 0. The van der Waals surface area contributed by atoms with Crippen molar-refractivity contribution in [2.24, 2.45) is 0 Å². The predicted octanol–water partition coefficient (Wildman–Crippen LogP) is 3.54. The highest BCUT2D eigenvalue weighted by Crippen LogP contribution is 2.16. The van der Waals surface area contributed by atoms with Crippen molar-refractivity contribution in [2.75, 3.05) is 14.2 Å². The summed E-state index contributed by atoms with van der Waals surface area (Å²) < 4.78 is 10.3. The van der Waals surface area contributed by atoms with Gasteiger partial charge in [-0.1, -0.05) is 31.2 Å². The second-order valence-corrected chi connectivity index (χ2v) is 6.86. The average molecular weight is 399 g/mol. The molecule has 2 aromatic rings. The van der Waals surface area contributed by atoms with Crippen LogP contribution in [0, 0.1) is 0 Å². The largest absolute Gasteiger partial charge is 0.497 e. The molecule has 2 rings (SSSR count). The summed E-state index contributed by atoms with van der Waals surface area (Å²) in [5.74, 6) is 1.31. The van der Waals surface area contributed by atoms with Gasteiger partial charge in [0.2, 0.25) is 11.8 Å².